The van der Waals surface area contributed by atoms with E-state index in [-0.39, 0.29) is 36.2 Å². The Bertz CT molecular complexity index is 1450. The molecule has 41 heavy (non-hydrogen) atoms. The van der Waals surface area contributed by atoms with Crippen molar-refractivity contribution in [3.05, 3.63) is 33.5 Å². The third-order valence-corrected chi connectivity index (χ3v) is 6.50. The summed E-state index contributed by atoms with van der Waals surface area (Å²) in [6.45, 7) is 15.5. The number of rotatable bonds is 8. The van der Waals surface area contributed by atoms with Gasteiger partial charge in [-0.1, -0.05) is 19.9 Å². The van der Waals surface area contributed by atoms with Gasteiger partial charge in [-0.15, -0.1) is 6.58 Å². The molecule has 0 radical (unpaired) electrons. The van der Waals surface area contributed by atoms with Crippen LogP contribution in [0.3, 0.4) is 0 Å². The van der Waals surface area contributed by atoms with Crippen molar-refractivity contribution >= 4 is 29.2 Å². The van der Waals surface area contributed by atoms with Crippen LogP contribution in [-0.4, -0.2) is 73.5 Å². The zero-order valence-electron chi connectivity index (χ0n) is 24.3. The molecule has 2 saturated heterocycles. The van der Waals surface area contributed by atoms with Gasteiger partial charge in [0.2, 0.25) is 5.95 Å². The van der Waals surface area contributed by atoms with Crippen LogP contribution in [0.1, 0.15) is 54.7 Å². The molecule has 4 heterocycles. The largest absolute Gasteiger partial charge is 0.461 e. The fourth-order valence-electron chi connectivity index (χ4n) is 4.91. The highest BCUT2D eigenvalue weighted by atomic mass is 16.8. The van der Waals surface area contributed by atoms with Crippen molar-refractivity contribution in [1.82, 2.24) is 24.4 Å². The lowest BCUT2D eigenvalue weighted by Gasteiger charge is -2.26. The highest BCUT2D eigenvalue weighted by Crippen LogP contribution is 2.43. The number of hydrogen-bond acceptors (Lipinski definition) is 11. The zero-order chi connectivity index (χ0) is 30.4. The number of aromatic amines is 1. The summed E-state index contributed by atoms with van der Waals surface area (Å²) in [6, 6.07) is -0.992. The van der Waals surface area contributed by atoms with Gasteiger partial charge in [-0.2, -0.15) is 4.98 Å². The number of hydrogen-bond donors (Lipinski definition) is 3. The number of anilines is 1. The maximum absolute atomic E-state index is 13.5. The molecule has 2 aliphatic rings. The molecular weight excluding hydrogens is 540 g/mol. The number of carbonyl (C=O) groups is 2. The first-order valence-corrected chi connectivity index (χ1v) is 13.3. The van der Waals surface area contributed by atoms with Crippen molar-refractivity contribution in [2.24, 2.45) is 5.92 Å². The standard InChI is InChI=1S/C26H38N6O9/c1-9-10-31-15-18(29-22(27)30-19(15)33)32(24(31)36)20-17-16(39-26(7,8)40-17)13(38-20)11-37-21(34)14(12(2)3)28-23(35)41-25(4,5)6/h9,12-14,16-17,20H,1,10-11H2,2-8H3,(H,28,35)(H3,27,29,30,33)/t13-,14+,16-,17-,20-/m1/s1. The molecule has 2 fully saturated rings. The van der Waals surface area contributed by atoms with E-state index in [1.807, 2.05) is 0 Å². The van der Waals surface area contributed by atoms with Gasteiger partial charge in [0.1, 0.15) is 36.6 Å². The van der Waals surface area contributed by atoms with E-state index in [2.05, 4.69) is 21.9 Å². The molecule has 4 rings (SSSR count). The number of nitrogens with one attached hydrogen (secondary N) is 2. The minimum Gasteiger partial charge on any atom is -0.461 e. The molecular formula is C26H38N6O9. The number of aromatic nitrogens is 4. The Labute approximate surface area is 235 Å². The van der Waals surface area contributed by atoms with Gasteiger partial charge in [-0.3, -0.25) is 14.3 Å². The number of alkyl carbamates (subject to hydrolysis) is 1. The first-order chi connectivity index (χ1) is 19.0. The highest BCUT2D eigenvalue weighted by Gasteiger charge is 2.57. The Morgan fingerprint density at radius 3 is 2.51 bits per heavy atom. The first kappa shape index (κ1) is 30.3. The summed E-state index contributed by atoms with van der Waals surface area (Å²) in [5.41, 5.74) is 3.83. The molecule has 0 aliphatic carbocycles. The molecule has 1 amide bonds. The Balaban J connectivity index is 1.61. The Morgan fingerprint density at radius 1 is 1.24 bits per heavy atom. The number of amides is 1. The average Bonchev–Trinajstić information content (AvgIpc) is 3.41. The Morgan fingerprint density at radius 2 is 1.90 bits per heavy atom. The van der Waals surface area contributed by atoms with Gasteiger partial charge in [0, 0.05) is 6.54 Å². The maximum atomic E-state index is 13.5. The molecule has 2 aromatic rings. The van der Waals surface area contributed by atoms with Crippen molar-refractivity contribution < 1.29 is 33.3 Å². The monoisotopic (exact) mass is 578 g/mol. The number of nitrogen functional groups attached to an aromatic ring is 1. The summed E-state index contributed by atoms with van der Waals surface area (Å²) in [7, 11) is 0. The van der Waals surface area contributed by atoms with E-state index in [9.17, 15) is 19.2 Å². The molecule has 5 atom stereocenters. The smallest absolute Gasteiger partial charge is 0.408 e. The van der Waals surface area contributed by atoms with Gasteiger partial charge >= 0.3 is 17.8 Å². The van der Waals surface area contributed by atoms with Gasteiger partial charge in [-0.05, 0) is 40.5 Å². The minimum atomic E-state index is -1.10. The maximum Gasteiger partial charge on any atom is 0.408 e. The van der Waals surface area contributed by atoms with Crippen molar-refractivity contribution in [2.45, 2.75) is 97.0 Å². The van der Waals surface area contributed by atoms with Crippen LogP contribution in [0.4, 0.5) is 10.7 Å². The lowest BCUT2D eigenvalue weighted by molar-refractivity contribution is -0.202. The van der Waals surface area contributed by atoms with Gasteiger partial charge in [-0.25, -0.2) is 19.0 Å². The summed E-state index contributed by atoms with van der Waals surface area (Å²) in [5.74, 6) is -2.25. The second-order valence-corrected chi connectivity index (χ2v) is 11.8. The molecule has 15 nitrogen and oxygen atoms in total. The lowest BCUT2D eigenvalue weighted by atomic mass is 10.1. The van der Waals surface area contributed by atoms with Gasteiger partial charge in [0.25, 0.3) is 5.56 Å². The van der Waals surface area contributed by atoms with Crippen LogP contribution in [0, 0.1) is 5.92 Å². The third-order valence-electron chi connectivity index (χ3n) is 6.50. The number of imidazole rings is 1. The van der Waals surface area contributed by atoms with Gasteiger partial charge in [0.05, 0.1) is 0 Å². The molecule has 226 valence electrons. The second-order valence-electron chi connectivity index (χ2n) is 11.8. The number of fused-ring (bicyclic) bond motifs is 2. The minimum absolute atomic E-state index is 0.00534. The molecule has 0 saturated carbocycles. The first-order valence-electron chi connectivity index (χ1n) is 13.3. The van der Waals surface area contributed by atoms with Crippen molar-refractivity contribution in [3.63, 3.8) is 0 Å². The number of H-pyrrole nitrogens is 1. The molecule has 0 spiro atoms. The molecule has 2 aliphatic heterocycles. The van der Waals surface area contributed by atoms with E-state index < -0.39 is 65.3 Å². The second kappa shape index (κ2) is 10.9. The number of carbonyl (C=O) groups excluding carboxylic acids is 2. The summed E-state index contributed by atoms with van der Waals surface area (Å²) in [6.07, 6.45) is -2.82. The summed E-state index contributed by atoms with van der Waals surface area (Å²) in [4.78, 5) is 58.3. The van der Waals surface area contributed by atoms with Crippen LogP contribution in [-0.2, 0) is 35.0 Å². The predicted molar refractivity (Wildman–Crippen MR) is 146 cm³/mol. The summed E-state index contributed by atoms with van der Waals surface area (Å²) < 4.78 is 31.6. The van der Waals surface area contributed by atoms with Crippen LogP contribution in [0.2, 0.25) is 0 Å². The van der Waals surface area contributed by atoms with Crippen LogP contribution in [0.25, 0.3) is 11.2 Å². The molecule has 15 heteroatoms. The van der Waals surface area contributed by atoms with E-state index in [1.54, 1.807) is 48.5 Å². The summed E-state index contributed by atoms with van der Waals surface area (Å²) >= 11 is 0. The molecule has 2 aromatic heterocycles. The molecule has 0 bridgehead atoms. The summed E-state index contributed by atoms with van der Waals surface area (Å²) in [5, 5.41) is 2.55. The van der Waals surface area contributed by atoms with E-state index in [1.165, 1.54) is 15.2 Å². The van der Waals surface area contributed by atoms with E-state index in [0.717, 1.165) is 0 Å². The number of ether oxygens (including phenoxy) is 5. The number of nitrogens with two attached hydrogens (primary N) is 1. The average molecular weight is 579 g/mol. The normalized spacial score (nSPS) is 24.3. The van der Waals surface area contributed by atoms with Crippen LogP contribution >= 0.6 is 0 Å². The van der Waals surface area contributed by atoms with E-state index in [4.69, 9.17) is 29.4 Å². The van der Waals surface area contributed by atoms with E-state index >= 15 is 0 Å². The zero-order valence-corrected chi connectivity index (χ0v) is 24.3. The molecule has 4 N–H and O–H groups in total. The number of allylic oxidation sites excluding steroid dienone is 1. The highest BCUT2D eigenvalue weighted by molar-refractivity contribution is 5.81. The fraction of sp³-hybridized carbons (Fsp3) is 0.654. The van der Waals surface area contributed by atoms with Crippen molar-refractivity contribution in [1.29, 1.82) is 0 Å². The fourth-order valence-corrected chi connectivity index (χ4v) is 4.91. The van der Waals surface area contributed by atoms with Crippen LogP contribution in [0.15, 0.2) is 22.2 Å². The lowest BCUT2D eigenvalue weighted by Crippen LogP contribution is -2.48. The SMILES string of the molecule is C=CCn1c(=O)n([C@@H]2O[C@H](COC(=O)[C@@H](NC(=O)OC(C)(C)C)C(C)C)[C@H]3OC(C)(C)O[C@H]32)c2nc(N)[nH]c(=O)c21. The van der Waals surface area contributed by atoms with Crippen LogP contribution < -0.4 is 22.3 Å². The number of nitrogens with zero attached hydrogens (tertiary/aromatic N) is 3. The third kappa shape index (κ3) is 6.16. The van der Waals surface area contributed by atoms with Crippen LogP contribution in [0.5, 0.6) is 0 Å². The van der Waals surface area contributed by atoms with Gasteiger partial charge < -0.3 is 34.7 Å². The Hall–Kier alpha value is -3.69. The van der Waals surface area contributed by atoms with E-state index in [0.29, 0.717) is 0 Å². The quantitative estimate of drug-likeness (QED) is 0.301. The van der Waals surface area contributed by atoms with Gasteiger partial charge in [0.15, 0.2) is 23.2 Å². The molecule has 0 unspecified atom stereocenters. The van der Waals surface area contributed by atoms with Crippen molar-refractivity contribution in [2.75, 3.05) is 12.3 Å². The Kier molecular flexibility index (Phi) is 8.08. The molecule has 0 aromatic carbocycles. The predicted octanol–water partition coefficient (Wildman–Crippen LogP) is 1.16. The van der Waals surface area contributed by atoms with Crippen molar-refractivity contribution in [3.8, 4) is 0 Å². The number of esters is 1. The topological polar surface area (TPSA) is 191 Å².